The second-order valence-corrected chi connectivity index (χ2v) is 7.30. The number of carbonyl (C=O) groups excluding carboxylic acids is 2. The first-order chi connectivity index (χ1) is 11.3. The summed E-state index contributed by atoms with van der Waals surface area (Å²) in [6.45, 7) is 5.63. The highest BCUT2D eigenvalue weighted by atomic mass is 16.4. The molecule has 2 amide bonds. The maximum atomic E-state index is 12.3. The smallest absolute Gasteiger partial charge is 0.326 e. The van der Waals surface area contributed by atoms with Gasteiger partial charge < -0.3 is 15.7 Å². The van der Waals surface area contributed by atoms with Gasteiger partial charge in [0, 0.05) is 5.92 Å². The minimum Gasteiger partial charge on any atom is -0.480 e. The molecule has 0 bridgehead atoms. The van der Waals surface area contributed by atoms with Gasteiger partial charge in [0.2, 0.25) is 11.8 Å². The molecular formula is C18H32N2O4. The first kappa shape index (κ1) is 20.5. The number of aliphatic carboxylic acids is 1. The maximum Gasteiger partial charge on any atom is 0.326 e. The topological polar surface area (TPSA) is 95.5 Å². The van der Waals surface area contributed by atoms with E-state index in [0.29, 0.717) is 12.3 Å². The average Bonchev–Trinajstić information content (AvgIpc) is 3.02. The molecule has 1 saturated carbocycles. The lowest BCUT2D eigenvalue weighted by molar-refractivity contribution is -0.142. The average molecular weight is 340 g/mol. The van der Waals surface area contributed by atoms with Gasteiger partial charge >= 0.3 is 5.97 Å². The Bertz CT molecular complexity index is 431. The van der Waals surface area contributed by atoms with Crippen molar-refractivity contribution in [2.75, 3.05) is 6.54 Å². The molecule has 0 aromatic carbocycles. The van der Waals surface area contributed by atoms with Crippen LogP contribution in [0.2, 0.25) is 0 Å². The molecule has 1 aliphatic carbocycles. The lowest BCUT2D eigenvalue weighted by atomic mass is 9.91. The maximum absolute atomic E-state index is 12.3. The monoisotopic (exact) mass is 340 g/mol. The van der Waals surface area contributed by atoms with E-state index in [1.807, 2.05) is 20.8 Å². The van der Waals surface area contributed by atoms with Crippen molar-refractivity contribution < 1.29 is 19.5 Å². The molecule has 138 valence electrons. The molecule has 1 aliphatic rings. The van der Waals surface area contributed by atoms with Crippen molar-refractivity contribution in [1.82, 2.24) is 10.6 Å². The normalized spacial score (nSPS) is 17.5. The number of carbonyl (C=O) groups is 3. The van der Waals surface area contributed by atoms with Gasteiger partial charge in [-0.15, -0.1) is 0 Å². The second-order valence-electron chi connectivity index (χ2n) is 7.30. The van der Waals surface area contributed by atoms with Gasteiger partial charge in [0.25, 0.3) is 0 Å². The summed E-state index contributed by atoms with van der Waals surface area (Å²) < 4.78 is 0. The highest BCUT2D eigenvalue weighted by Gasteiger charge is 2.25. The SMILES string of the molecule is CCC(CC1CCCC1)C(=O)NCC(=O)N[C@@H](CC(C)C)C(=O)O. The zero-order chi connectivity index (χ0) is 18.1. The van der Waals surface area contributed by atoms with Gasteiger partial charge in [-0.25, -0.2) is 4.79 Å². The van der Waals surface area contributed by atoms with Gasteiger partial charge in [-0.05, 0) is 31.1 Å². The van der Waals surface area contributed by atoms with Crippen molar-refractivity contribution in [3.63, 3.8) is 0 Å². The Morgan fingerprint density at radius 2 is 1.79 bits per heavy atom. The molecule has 0 radical (unpaired) electrons. The molecule has 1 rings (SSSR count). The number of carboxylic acids is 1. The molecule has 0 aliphatic heterocycles. The van der Waals surface area contributed by atoms with Crippen LogP contribution in [0.4, 0.5) is 0 Å². The third-order valence-corrected chi connectivity index (χ3v) is 4.72. The zero-order valence-electron chi connectivity index (χ0n) is 15.1. The Balaban J connectivity index is 2.40. The molecule has 0 aromatic rings. The van der Waals surface area contributed by atoms with Crippen LogP contribution in [0.1, 0.15) is 65.7 Å². The van der Waals surface area contributed by atoms with Crippen molar-refractivity contribution >= 4 is 17.8 Å². The third-order valence-electron chi connectivity index (χ3n) is 4.72. The molecule has 6 nitrogen and oxygen atoms in total. The highest BCUT2D eigenvalue weighted by molar-refractivity contribution is 5.88. The van der Waals surface area contributed by atoms with E-state index in [2.05, 4.69) is 10.6 Å². The van der Waals surface area contributed by atoms with Crippen molar-refractivity contribution in [1.29, 1.82) is 0 Å². The molecule has 1 unspecified atom stereocenters. The van der Waals surface area contributed by atoms with E-state index >= 15 is 0 Å². The van der Waals surface area contributed by atoms with Gasteiger partial charge in [-0.1, -0.05) is 46.5 Å². The fraction of sp³-hybridized carbons (Fsp3) is 0.833. The summed E-state index contributed by atoms with van der Waals surface area (Å²) in [6, 6.07) is -0.908. The molecule has 2 atom stereocenters. The first-order valence-electron chi connectivity index (χ1n) is 9.13. The quantitative estimate of drug-likeness (QED) is 0.569. The van der Waals surface area contributed by atoms with Crippen LogP contribution in [0, 0.1) is 17.8 Å². The molecule has 0 heterocycles. The Labute approximate surface area is 144 Å². The van der Waals surface area contributed by atoms with Crippen LogP contribution in [0.5, 0.6) is 0 Å². The molecule has 1 fully saturated rings. The molecule has 0 saturated heterocycles. The molecular weight excluding hydrogens is 308 g/mol. The first-order valence-corrected chi connectivity index (χ1v) is 9.13. The van der Waals surface area contributed by atoms with Gasteiger partial charge in [0.05, 0.1) is 6.54 Å². The minimum atomic E-state index is -1.05. The van der Waals surface area contributed by atoms with E-state index in [1.54, 1.807) is 0 Å². The Kier molecular flexibility index (Phi) is 8.79. The van der Waals surface area contributed by atoms with Crippen LogP contribution in [0.25, 0.3) is 0 Å². The summed E-state index contributed by atoms with van der Waals surface area (Å²) in [7, 11) is 0. The number of rotatable bonds is 10. The lowest BCUT2D eigenvalue weighted by Gasteiger charge is -2.19. The predicted molar refractivity (Wildman–Crippen MR) is 92.4 cm³/mol. The van der Waals surface area contributed by atoms with Crippen LogP contribution < -0.4 is 10.6 Å². The fourth-order valence-electron chi connectivity index (χ4n) is 3.36. The summed E-state index contributed by atoms with van der Waals surface area (Å²) in [5, 5.41) is 14.3. The summed E-state index contributed by atoms with van der Waals surface area (Å²) in [5.41, 5.74) is 0. The van der Waals surface area contributed by atoms with Gasteiger partial charge in [0.15, 0.2) is 0 Å². The van der Waals surface area contributed by atoms with E-state index in [9.17, 15) is 14.4 Å². The number of hydrogen-bond donors (Lipinski definition) is 3. The zero-order valence-corrected chi connectivity index (χ0v) is 15.1. The summed E-state index contributed by atoms with van der Waals surface area (Å²) in [5.74, 6) is -0.876. The van der Waals surface area contributed by atoms with E-state index in [0.717, 1.165) is 12.8 Å². The fourth-order valence-corrected chi connectivity index (χ4v) is 3.36. The van der Waals surface area contributed by atoms with Gasteiger partial charge in [-0.3, -0.25) is 9.59 Å². The largest absolute Gasteiger partial charge is 0.480 e. The summed E-state index contributed by atoms with van der Waals surface area (Å²) in [6.07, 6.45) is 6.90. The van der Waals surface area contributed by atoms with Crippen LogP contribution >= 0.6 is 0 Å². The molecule has 6 heteroatoms. The summed E-state index contributed by atoms with van der Waals surface area (Å²) in [4.78, 5) is 35.3. The van der Waals surface area contributed by atoms with Crippen molar-refractivity contribution in [2.24, 2.45) is 17.8 Å². The van der Waals surface area contributed by atoms with Crippen LogP contribution in [-0.2, 0) is 14.4 Å². The van der Waals surface area contributed by atoms with Gasteiger partial charge in [-0.2, -0.15) is 0 Å². The molecule has 0 spiro atoms. The van der Waals surface area contributed by atoms with E-state index in [4.69, 9.17) is 5.11 Å². The minimum absolute atomic E-state index is 0.0631. The number of hydrogen-bond acceptors (Lipinski definition) is 3. The van der Waals surface area contributed by atoms with Crippen LogP contribution in [0.15, 0.2) is 0 Å². The number of carboxylic acid groups (broad SMARTS) is 1. The molecule has 0 aromatic heterocycles. The van der Waals surface area contributed by atoms with Gasteiger partial charge in [0.1, 0.15) is 6.04 Å². The Morgan fingerprint density at radius 3 is 2.29 bits per heavy atom. The third kappa shape index (κ3) is 7.32. The Hall–Kier alpha value is -1.59. The van der Waals surface area contributed by atoms with Crippen molar-refractivity contribution in [3.05, 3.63) is 0 Å². The predicted octanol–water partition coefficient (Wildman–Crippen LogP) is 2.32. The standard InChI is InChI=1S/C18H32N2O4/c1-4-14(10-13-7-5-6-8-13)17(22)19-11-16(21)20-15(18(23)24)9-12(2)3/h12-15H,4-11H2,1-3H3,(H,19,22)(H,20,21)(H,23,24)/t14?,15-/m0/s1. The van der Waals surface area contributed by atoms with E-state index in [-0.39, 0.29) is 24.3 Å². The lowest BCUT2D eigenvalue weighted by Crippen LogP contribution is -2.46. The number of nitrogens with one attached hydrogen (secondary N) is 2. The molecule has 24 heavy (non-hydrogen) atoms. The Morgan fingerprint density at radius 1 is 1.17 bits per heavy atom. The second kappa shape index (κ2) is 10.3. The van der Waals surface area contributed by atoms with Crippen molar-refractivity contribution in [2.45, 2.75) is 71.8 Å². The number of amides is 2. The van der Waals surface area contributed by atoms with E-state index in [1.165, 1.54) is 25.7 Å². The molecule has 3 N–H and O–H groups in total. The highest BCUT2D eigenvalue weighted by Crippen LogP contribution is 2.31. The van der Waals surface area contributed by atoms with Crippen LogP contribution in [0.3, 0.4) is 0 Å². The van der Waals surface area contributed by atoms with E-state index < -0.39 is 17.9 Å². The van der Waals surface area contributed by atoms with Crippen molar-refractivity contribution in [3.8, 4) is 0 Å². The summed E-state index contributed by atoms with van der Waals surface area (Å²) >= 11 is 0. The van der Waals surface area contributed by atoms with Crippen LogP contribution in [-0.4, -0.2) is 35.5 Å².